The summed E-state index contributed by atoms with van der Waals surface area (Å²) in [5.41, 5.74) is 0.169. The van der Waals surface area contributed by atoms with Crippen molar-refractivity contribution in [2.45, 2.75) is 53.2 Å². The standard InChI is InChI=1S/C17H30N4OS.HI/c1-12-9-19-14(23-12)11-21-16(18-5)20-10-13-7-6-8-22-15(13)17(2,3)4;/h9,13,15H,6-8,10-11H2,1-5H3,(H2,18,20,21);1H. The van der Waals surface area contributed by atoms with Crippen LogP contribution in [0.4, 0.5) is 0 Å². The van der Waals surface area contributed by atoms with Crippen LogP contribution in [-0.4, -0.2) is 37.2 Å². The number of guanidine groups is 1. The highest BCUT2D eigenvalue weighted by molar-refractivity contribution is 14.0. The van der Waals surface area contributed by atoms with Crippen molar-refractivity contribution in [2.75, 3.05) is 20.2 Å². The number of thiazole rings is 1. The van der Waals surface area contributed by atoms with E-state index in [1.54, 1.807) is 18.4 Å². The molecule has 0 radical (unpaired) electrons. The number of hydrogen-bond donors (Lipinski definition) is 2. The van der Waals surface area contributed by atoms with Crippen molar-refractivity contribution in [1.29, 1.82) is 0 Å². The fourth-order valence-electron chi connectivity index (χ4n) is 3.10. The maximum Gasteiger partial charge on any atom is 0.191 e. The number of rotatable bonds is 4. The number of nitrogens with one attached hydrogen (secondary N) is 2. The molecule has 0 aliphatic carbocycles. The predicted octanol–water partition coefficient (Wildman–Crippen LogP) is 3.58. The molecule has 1 aromatic heterocycles. The molecule has 0 saturated carbocycles. The zero-order valence-corrected chi connectivity index (χ0v) is 18.5. The number of aryl methyl sites for hydroxylation is 1. The summed E-state index contributed by atoms with van der Waals surface area (Å²) in [6.07, 6.45) is 4.55. The molecule has 2 rings (SSSR count). The first kappa shape index (κ1) is 21.6. The average molecular weight is 466 g/mol. The van der Waals surface area contributed by atoms with Gasteiger partial charge in [0, 0.05) is 37.2 Å². The Morgan fingerprint density at radius 2 is 2.17 bits per heavy atom. The lowest BCUT2D eigenvalue weighted by Gasteiger charge is -2.40. The molecule has 1 saturated heterocycles. The van der Waals surface area contributed by atoms with Crippen molar-refractivity contribution in [3.8, 4) is 0 Å². The van der Waals surface area contributed by atoms with Gasteiger partial charge in [-0.05, 0) is 25.2 Å². The first-order valence-corrected chi connectivity index (χ1v) is 9.19. The monoisotopic (exact) mass is 466 g/mol. The van der Waals surface area contributed by atoms with Gasteiger partial charge in [-0.25, -0.2) is 4.98 Å². The topological polar surface area (TPSA) is 58.5 Å². The Kier molecular flexibility index (Phi) is 8.94. The zero-order chi connectivity index (χ0) is 16.9. The second-order valence-electron chi connectivity index (χ2n) is 7.23. The summed E-state index contributed by atoms with van der Waals surface area (Å²) in [7, 11) is 1.81. The van der Waals surface area contributed by atoms with Crippen LogP contribution in [0.5, 0.6) is 0 Å². The smallest absolute Gasteiger partial charge is 0.191 e. The Morgan fingerprint density at radius 1 is 1.42 bits per heavy atom. The Bertz CT molecular complexity index is 527. The van der Waals surface area contributed by atoms with Gasteiger partial charge < -0.3 is 15.4 Å². The molecular weight excluding hydrogens is 435 g/mol. The lowest BCUT2D eigenvalue weighted by molar-refractivity contribution is -0.0835. The summed E-state index contributed by atoms with van der Waals surface area (Å²) in [5, 5.41) is 7.87. The highest BCUT2D eigenvalue weighted by atomic mass is 127. The largest absolute Gasteiger partial charge is 0.377 e. The van der Waals surface area contributed by atoms with Gasteiger partial charge in [0.05, 0.1) is 12.6 Å². The molecule has 0 spiro atoms. The molecule has 5 nitrogen and oxygen atoms in total. The van der Waals surface area contributed by atoms with Gasteiger partial charge in [-0.1, -0.05) is 20.8 Å². The highest BCUT2D eigenvalue weighted by Crippen LogP contribution is 2.33. The van der Waals surface area contributed by atoms with Gasteiger partial charge in [0.2, 0.25) is 0 Å². The molecule has 2 atom stereocenters. The number of halogens is 1. The Morgan fingerprint density at radius 3 is 2.75 bits per heavy atom. The summed E-state index contributed by atoms with van der Waals surface area (Å²) in [6.45, 7) is 11.3. The van der Waals surface area contributed by atoms with Crippen LogP contribution in [0.3, 0.4) is 0 Å². The maximum atomic E-state index is 6.04. The average Bonchev–Trinajstić information content (AvgIpc) is 2.92. The number of aliphatic imine (C=N–C) groups is 1. The molecule has 2 unspecified atom stereocenters. The third-order valence-electron chi connectivity index (χ3n) is 4.13. The number of nitrogens with zero attached hydrogens (tertiary/aromatic N) is 2. The van der Waals surface area contributed by atoms with Gasteiger partial charge >= 0.3 is 0 Å². The lowest BCUT2D eigenvalue weighted by atomic mass is 9.78. The van der Waals surface area contributed by atoms with Crippen molar-refractivity contribution in [3.05, 3.63) is 16.1 Å². The van der Waals surface area contributed by atoms with Crippen LogP contribution >= 0.6 is 35.3 Å². The molecule has 1 aliphatic heterocycles. The van der Waals surface area contributed by atoms with E-state index < -0.39 is 0 Å². The van der Waals surface area contributed by atoms with Gasteiger partial charge in [0.1, 0.15) is 5.01 Å². The molecule has 1 fully saturated rings. The van der Waals surface area contributed by atoms with Crippen molar-refractivity contribution in [2.24, 2.45) is 16.3 Å². The molecule has 0 bridgehead atoms. The summed E-state index contributed by atoms with van der Waals surface area (Å²) in [5.74, 6) is 1.35. The quantitative estimate of drug-likeness (QED) is 0.405. The van der Waals surface area contributed by atoms with Gasteiger partial charge in [0.15, 0.2) is 5.96 Å². The molecule has 7 heteroatoms. The maximum absolute atomic E-state index is 6.04. The van der Waals surface area contributed by atoms with E-state index in [0.29, 0.717) is 18.6 Å². The molecular formula is C17H31IN4OS. The highest BCUT2D eigenvalue weighted by Gasteiger charge is 2.35. The first-order valence-electron chi connectivity index (χ1n) is 8.37. The van der Waals surface area contributed by atoms with E-state index in [4.69, 9.17) is 4.74 Å². The van der Waals surface area contributed by atoms with Crippen molar-refractivity contribution < 1.29 is 4.74 Å². The Hall–Kier alpha value is -0.410. The van der Waals surface area contributed by atoms with Crippen LogP contribution in [0.25, 0.3) is 0 Å². The third-order valence-corrected chi connectivity index (χ3v) is 5.04. The van der Waals surface area contributed by atoms with Gasteiger partial charge in [-0.15, -0.1) is 35.3 Å². The van der Waals surface area contributed by atoms with Crippen LogP contribution in [0, 0.1) is 18.3 Å². The lowest BCUT2D eigenvalue weighted by Crippen LogP contribution is -2.47. The second kappa shape index (κ2) is 9.91. The summed E-state index contributed by atoms with van der Waals surface area (Å²) < 4.78 is 6.04. The van der Waals surface area contributed by atoms with E-state index in [9.17, 15) is 0 Å². The Balaban J connectivity index is 0.00000288. The van der Waals surface area contributed by atoms with Crippen LogP contribution in [0.1, 0.15) is 43.5 Å². The molecule has 1 aliphatic rings. The van der Waals surface area contributed by atoms with E-state index in [1.807, 2.05) is 6.20 Å². The summed E-state index contributed by atoms with van der Waals surface area (Å²) in [6, 6.07) is 0. The van der Waals surface area contributed by atoms with E-state index in [2.05, 4.69) is 48.3 Å². The molecule has 2 N–H and O–H groups in total. The molecule has 138 valence electrons. The molecule has 1 aromatic rings. The van der Waals surface area contributed by atoms with Gasteiger partial charge in [-0.2, -0.15) is 0 Å². The van der Waals surface area contributed by atoms with Gasteiger partial charge in [-0.3, -0.25) is 4.99 Å². The SMILES string of the molecule is CN=C(NCc1ncc(C)s1)NCC1CCCOC1C(C)(C)C.I. The number of hydrogen-bond acceptors (Lipinski definition) is 4. The molecule has 24 heavy (non-hydrogen) atoms. The van der Waals surface area contributed by atoms with Crippen molar-refractivity contribution >= 4 is 41.3 Å². The normalized spacial score (nSPS) is 22.0. The fraction of sp³-hybridized carbons (Fsp3) is 0.765. The first-order chi connectivity index (χ1) is 10.9. The number of ether oxygens (including phenoxy) is 1. The van der Waals surface area contributed by atoms with E-state index in [-0.39, 0.29) is 29.4 Å². The van der Waals surface area contributed by atoms with Gasteiger partial charge in [0.25, 0.3) is 0 Å². The summed E-state index contributed by atoms with van der Waals surface area (Å²) in [4.78, 5) is 9.92. The summed E-state index contributed by atoms with van der Waals surface area (Å²) >= 11 is 1.71. The van der Waals surface area contributed by atoms with Crippen molar-refractivity contribution in [3.63, 3.8) is 0 Å². The molecule has 0 amide bonds. The minimum atomic E-state index is 0. The van der Waals surface area contributed by atoms with Crippen LogP contribution in [-0.2, 0) is 11.3 Å². The van der Waals surface area contributed by atoms with Crippen LogP contribution < -0.4 is 10.6 Å². The van der Waals surface area contributed by atoms with E-state index in [0.717, 1.165) is 30.5 Å². The fourth-order valence-corrected chi connectivity index (χ4v) is 3.83. The van der Waals surface area contributed by atoms with Crippen molar-refractivity contribution in [1.82, 2.24) is 15.6 Å². The minimum Gasteiger partial charge on any atom is -0.377 e. The van der Waals surface area contributed by atoms with Crippen LogP contribution in [0.15, 0.2) is 11.2 Å². The van der Waals surface area contributed by atoms with E-state index >= 15 is 0 Å². The minimum absolute atomic E-state index is 0. The molecule has 0 aromatic carbocycles. The third kappa shape index (κ3) is 6.48. The van der Waals surface area contributed by atoms with E-state index in [1.165, 1.54) is 11.3 Å². The predicted molar refractivity (Wildman–Crippen MR) is 112 cm³/mol. The zero-order valence-electron chi connectivity index (χ0n) is 15.4. The second-order valence-corrected chi connectivity index (χ2v) is 8.55. The Labute approximate surface area is 167 Å². The van der Waals surface area contributed by atoms with Crippen LogP contribution in [0.2, 0.25) is 0 Å². The number of aromatic nitrogens is 1. The molecule has 2 heterocycles.